The first kappa shape index (κ1) is 23.0. The second kappa shape index (κ2) is 9.25. The highest BCUT2D eigenvalue weighted by Gasteiger charge is 2.34. The molecule has 2 amide bonds. The Morgan fingerprint density at radius 1 is 1.09 bits per heavy atom. The highest BCUT2D eigenvalue weighted by atomic mass is 19.4. The average Bonchev–Trinajstić information content (AvgIpc) is 3.35. The van der Waals surface area contributed by atoms with E-state index in [-0.39, 0.29) is 18.4 Å². The number of nitrogens with one attached hydrogen (secondary N) is 2. The van der Waals surface area contributed by atoms with Gasteiger partial charge in [-0.25, -0.2) is 0 Å². The maximum absolute atomic E-state index is 12.8. The number of alkyl halides is 3. The molecule has 1 atom stereocenters. The predicted octanol–water partition coefficient (Wildman–Crippen LogP) is 3.95. The van der Waals surface area contributed by atoms with Crippen molar-refractivity contribution >= 4 is 23.2 Å². The summed E-state index contributed by atoms with van der Waals surface area (Å²) in [4.78, 5) is 25.0. The fourth-order valence-electron chi connectivity index (χ4n) is 3.09. The zero-order valence-corrected chi connectivity index (χ0v) is 17.8. The van der Waals surface area contributed by atoms with Crippen molar-refractivity contribution in [1.29, 1.82) is 0 Å². The van der Waals surface area contributed by atoms with Gasteiger partial charge in [-0.3, -0.25) is 19.0 Å². The van der Waals surface area contributed by atoms with E-state index in [2.05, 4.69) is 20.8 Å². The zero-order valence-electron chi connectivity index (χ0n) is 17.8. The molecule has 0 aliphatic rings. The Balaban J connectivity index is 1.64. The van der Waals surface area contributed by atoms with E-state index in [0.29, 0.717) is 29.3 Å². The number of nitrogens with zero attached hydrogens (tertiary/aromatic N) is 4. The lowest BCUT2D eigenvalue weighted by Crippen LogP contribution is -2.25. The molecule has 2 heterocycles. The van der Waals surface area contributed by atoms with E-state index in [1.165, 1.54) is 17.8 Å². The van der Waals surface area contributed by atoms with Gasteiger partial charge in [0.05, 0.1) is 12.5 Å². The van der Waals surface area contributed by atoms with Gasteiger partial charge in [0.2, 0.25) is 5.91 Å². The maximum atomic E-state index is 12.8. The molecule has 8 nitrogen and oxygen atoms in total. The van der Waals surface area contributed by atoms with Crippen LogP contribution < -0.4 is 10.6 Å². The Morgan fingerprint density at radius 2 is 1.78 bits per heavy atom. The molecule has 0 aliphatic carbocycles. The molecule has 0 saturated carbocycles. The second-order valence-corrected chi connectivity index (χ2v) is 7.31. The number of benzene rings is 1. The molecule has 32 heavy (non-hydrogen) atoms. The van der Waals surface area contributed by atoms with Gasteiger partial charge in [0, 0.05) is 29.8 Å². The van der Waals surface area contributed by atoms with Crippen molar-refractivity contribution in [3.05, 3.63) is 59.7 Å². The lowest BCUT2D eigenvalue weighted by molar-refractivity contribution is -0.141. The minimum absolute atomic E-state index is 0.00875. The summed E-state index contributed by atoms with van der Waals surface area (Å²) < 4.78 is 41.2. The third-order valence-corrected chi connectivity index (χ3v) is 4.80. The summed E-state index contributed by atoms with van der Waals surface area (Å²) >= 11 is 0. The quantitative estimate of drug-likeness (QED) is 0.572. The van der Waals surface area contributed by atoms with Gasteiger partial charge in [0.1, 0.15) is 5.69 Å². The number of aryl methyl sites for hydroxylation is 2. The van der Waals surface area contributed by atoms with E-state index in [1.54, 1.807) is 41.9 Å². The SMILES string of the molecule is CCn1nccc1C(=O)Nc1cccc(NC(=O)C(C)Cn2nc(C(F)(F)F)cc2C)c1. The van der Waals surface area contributed by atoms with Crippen molar-refractivity contribution in [3.8, 4) is 0 Å². The lowest BCUT2D eigenvalue weighted by atomic mass is 10.1. The summed E-state index contributed by atoms with van der Waals surface area (Å²) in [7, 11) is 0. The van der Waals surface area contributed by atoms with Crippen LogP contribution in [0.2, 0.25) is 0 Å². The maximum Gasteiger partial charge on any atom is 0.435 e. The van der Waals surface area contributed by atoms with Crippen LogP contribution in [0.1, 0.15) is 35.7 Å². The zero-order chi connectivity index (χ0) is 23.5. The first-order valence-electron chi connectivity index (χ1n) is 9.94. The van der Waals surface area contributed by atoms with Crippen LogP contribution in [-0.2, 0) is 24.1 Å². The number of hydrogen-bond donors (Lipinski definition) is 2. The Kier molecular flexibility index (Phi) is 6.66. The van der Waals surface area contributed by atoms with Gasteiger partial charge in [-0.1, -0.05) is 13.0 Å². The van der Waals surface area contributed by atoms with Crippen LogP contribution in [0.15, 0.2) is 42.6 Å². The van der Waals surface area contributed by atoms with Gasteiger partial charge in [-0.15, -0.1) is 0 Å². The second-order valence-electron chi connectivity index (χ2n) is 7.31. The van der Waals surface area contributed by atoms with Crippen LogP contribution in [0, 0.1) is 12.8 Å². The Labute approximate surface area is 182 Å². The molecule has 11 heteroatoms. The summed E-state index contributed by atoms with van der Waals surface area (Å²) in [5.74, 6) is -1.37. The predicted molar refractivity (Wildman–Crippen MR) is 112 cm³/mol. The largest absolute Gasteiger partial charge is 0.435 e. The number of aromatic nitrogens is 4. The van der Waals surface area contributed by atoms with Gasteiger partial charge in [-0.2, -0.15) is 23.4 Å². The van der Waals surface area contributed by atoms with E-state index in [1.807, 2.05) is 6.92 Å². The molecule has 3 aromatic rings. The number of anilines is 2. The van der Waals surface area contributed by atoms with Crippen molar-refractivity contribution in [3.63, 3.8) is 0 Å². The molecule has 0 aliphatic heterocycles. The first-order chi connectivity index (χ1) is 15.1. The van der Waals surface area contributed by atoms with E-state index < -0.39 is 17.8 Å². The first-order valence-corrected chi connectivity index (χ1v) is 9.94. The van der Waals surface area contributed by atoms with E-state index in [4.69, 9.17) is 0 Å². The highest BCUT2D eigenvalue weighted by Crippen LogP contribution is 2.28. The molecule has 0 saturated heterocycles. The van der Waals surface area contributed by atoms with E-state index in [9.17, 15) is 22.8 Å². The molecular formula is C21H23F3N6O2. The van der Waals surface area contributed by atoms with Crippen LogP contribution in [0.4, 0.5) is 24.5 Å². The number of rotatable bonds is 7. The van der Waals surface area contributed by atoms with Crippen LogP contribution in [0.25, 0.3) is 0 Å². The third kappa shape index (κ3) is 5.34. The van der Waals surface area contributed by atoms with Gasteiger partial charge >= 0.3 is 6.18 Å². The summed E-state index contributed by atoms with van der Waals surface area (Å²) in [5, 5.41) is 13.1. The van der Waals surface area contributed by atoms with Crippen molar-refractivity contribution in [1.82, 2.24) is 19.6 Å². The fraction of sp³-hybridized carbons (Fsp3) is 0.333. The van der Waals surface area contributed by atoms with Gasteiger partial charge in [0.15, 0.2) is 5.69 Å². The smallest absolute Gasteiger partial charge is 0.326 e. The summed E-state index contributed by atoms with van der Waals surface area (Å²) in [6, 6.07) is 9.14. The van der Waals surface area contributed by atoms with Gasteiger partial charge < -0.3 is 10.6 Å². The van der Waals surface area contributed by atoms with Crippen molar-refractivity contribution < 1.29 is 22.8 Å². The minimum atomic E-state index is -4.54. The molecular weight excluding hydrogens is 425 g/mol. The molecule has 1 unspecified atom stereocenters. The molecule has 0 spiro atoms. The summed E-state index contributed by atoms with van der Waals surface area (Å²) in [6.45, 7) is 5.51. The number of hydrogen-bond acceptors (Lipinski definition) is 4. The number of carbonyl (C=O) groups excluding carboxylic acids is 2. The topological polar surface area (TPSA) is 93.8 Å². The van der Waals surface area contributed by atoms with Crippen LogP contribution in [-0.4, -0.2) is 31.4 Å². The standard InChI is InChI=1S/C21H23F3N6O2/c1-4-29-17(8-9-25-29)20(32)27-16-7-5-6-15(11-16)26-19(31)13(2)12-30-14(3)10-18(28-30)21(22,23)24/h5-11,13H,4,12H2,1-3H3,(H,26,31)(H,27,32). The summed E-state index contributed by atoms with van der Waals surface area (Å²) in [5.41, 5.74) is 0.644. The monoisotopic (exact) mass is 448 g/mol. The summed E-state index contributed by atoms with van der Waals surface area (Å²) in [6.07, 6.45) is -3.00. The van der Waals surface area contributed by atoms with Crippen molar-refractivity contribution in [2.75, 3.05) is 10.6 Å². The molecule has 0 bridgehead atoms. The molecule has 170 valence electrons. The van der Waals surface area contributed by atoms with E-state index >= 15 is 0 Å². The van der Waals surface area contributed by atoms with Gasteiger partial charge in [-0.05, 0) is 44.2 Å². The molecule has 3 rings (SSSR count). The number of amides is 2. The fourth-order valence-corrected chi connectivity index (χ4v) is 3.09. The molecule has 2 aromatic heterocycles. The van der Waals surface area contributed by atoms with Crippen LogP contribution in [0.5, 0.6) is 0 Å². The normalized spacial score (nSPS) is 12.4. The third-order valence-electron chi connectivity index (χ3n) is 4.80. The molecule has 0 fully saturated rings. The minimum Gasteiger partial charge on any atom is -0.326 e. The van der Waals surface area contributed by atoms with Crippen LogP contribution >= 0.6 is 0 Å². The van der Waals surface area contributed by atoms with Gasteiger partial charge in [0.25, 0.3) is 5.91 Å². The van der Waals surface area contributed by atoms with Crippen molar-refractivity contribution in [2.45, 2.75) is 40.0 Å². The van der Waals surface area contributed by atoms with Crippen molar-refractivity contribution in [2.24, 2.45) is 5.92 Å². The number of halogens is 3. The molecule has 0 radical (unpaired) electrons. The Morgan fingerprint density at radius 3 is 2.41 bits per heavy atom. The van der Waals surface area contributed by atoms with E-state index in [0.717, 1.165) is 6.07 Å². The Bertz CT molecular complexity index is 1120. The van der Waals surface area contributed by atoms with Crippen LogP contribution in [0.3, 0.4) is 0 Å². The lowest BCUT2D eigenvalue weighted by Gasteiger charge is -2.14. The molecule has 2 N–H and O–H groups in total. The Hall–Kier alpha value is -3.63. The number of carbonyl (C=O) groups is 2. The molecule has 1 aromatic carbocycles. The highest BCUT2D eigenvalue weighted by molar-refractivity contribution is 6.03. The average molecular weight is 448 g/mol.